The predicted molar refractivity (Wildman–Crippen MR) is 127 cm³/mol. The highest BCUT2D eigenvalue weighted by Gasteiger charge is 2.27. The van der Waals surface area contributed by atoms with Gasteiger partial charge in [0.2, 0.25) is 5.91 Å². The minimum atomic E-state index is 0.204. The van der Waals surface area contributed by atoms with Crippen LogP contribution < -0.4 is 0 Å². The summed E-state index contributed by atoms with van der Waals surface area (Å²) in [6.07, 6.45) is 5.77. The molecule has 0 unspecified atom stereocenters. The number of nitrogens with zero attached hydrogens (tertiary/aromatic N) is 5. The van der Waals surface area contributed by atoms with Gasteiger partial charge in [-0.25, -0.2) is 4.98 Å². The first-order valence-corrected chi connectivity index (χ1v) is 13.3. The van der Waals surface area contributed by atoms with Crippen LogP contribution in [0.2, 0.25) is 0 Å². The van der Waals surface area contributed by atoms with Crippen LogP contribution in [0.5, 0.6) is 0 Å². The molecule has 1 amide bonds. The third-order valence-corrected chi connectivity index (χ3v) is 8.71. The fourth-order valence-corrected chi connectivity index (χ4v) is 7.18. The Bertz CT molecular complexity index is 1130. The van der Waals surface area contributed by atoms with Gasteiger partial charge in [-0.1, -0.05) is 39.5 Å². The maximum absolute atomic E-state index is 12.8. The van der Waals surface area contributed by atoms with Crippen LogP contribution in [0.1, 0.15) is 69.1 Å². The van der Waals surface area contributed by atoms with Gasteiger partial charge in [0.1, 0.15) is 10.7 Å². The molecule has 0 saturated carbocycles. The van der Waals surface area contributed by atoms with Crippen molar-refractivity contribution in [3.05, 3.63) is 16.3 Å². The number of thiophene rings is 1. The quantitative estimate of drug-likeness (QED) is 0.519. The Kier molecular flexibility index (Phi) is 5.71. The standard InChI is InChI=1S/C23H31N5OS2/c1-13(2)20-24-22-19(16-8-7-14(3)10-17(16)31-22)21-25-26-23(28(20)21)30-12-18(29)27-9-5-6-15(4)11-27/h13-15H,5-12H2,1-4H3/t14-,15-/m1/s1. The average Bonchev–Trinajstić information content (AvgIpc) is 3.31. The Morgan fingerprint density at radius 3 is 2.84 bits per heavy atom. The van der Waals surface area contributed by atoms with Crippen molar-refractivity contribution < 1.29 is 4.79 Å². The summed E-state index contributed by atoms with van der Waals surface area (Å²) in [7, 11) is 0. The number of aromatic nitrogens is 4. The first kappa shape index (κ1) is 21.2. The van der Waals surface area contributed by atoms with Crippen LogP contribution in [0.3, 0.4) is 0 Å². The van der Waals surface area contributed by atoms with Gasteiger partial charge < -0.3 is 4.90 Å². The Morgan fingerprint density at radius 2 is 2.06 bits per heavy atom. The number of likely N-dealkylation sites (tertiary alicyclic amines) is 1. The summed E-state index contributed by atoms with van der Waals surface area (Å²) in [5.41, 5.74) is 2.34. The topological polar surface area (TPSA) is 63.4 Å². The van der Waals surface area contributed by atoms with Gasteiger partial charge in [-0.3, -0.25) is 9.20 Å². The van der Waals surface area contributed by atoms with Crippen molar-refractivity contribution in [3.63, 3.8) is 0 Å². The molecule has 0 aromatic carbocycles. The van der Waals surface area contributed by atoms with E-state index in [1.807, 2.05) is 16.2 Å². The molecule has 166 valence electrons. The Balaban J connectivity index is 1.51. The van der Waals surface area contributed by atoms with Crippen molar-refractivity contribution in [2.24, 2.45) is 11.8 Å². The molecule has 1 aliphatic carbocycles. The molecule has 5 rings (SSSR count). The van der Waals surface area contributed by atoms with Crippen LogP contribution in [0.25, 0.3) is 15.9 Å². The summed E-state index contributed by atoms with van der Waals surface area (Å²) in [4.78, 5) is 22.5. The van der Waals surface area contributed by atoms with Gasteiger partial charge in [0.25, 0.3) is 0 Å². The number of carbonyl (C=O) groups excluding carboxylic acids is 1. The monoisotopic (exact) mass is 457 g/mol. The zero-order valence-electron chi connectivity index (χ0n) is 18.8. The summed E-state index contributed by atoms with van der Waals surface area (Å²) in [6, 6.07) is 0. The lowest BCUT2D eigenvalue weighted by Gasteiger charge is -2.30. The first-order chi connectivity index (χ1) is 14.9. The second-order valence-corrected chi connectivity index (χ2v) is 11.7. The molecule has 2 aliphatic rings. The lowest BCUT2D eigenvalue weighted by Crippen LogP contribution is -2.40. The molecule has 4 heterocycles. The van der Waals surface area contributed by atoms with Gasteiger partial charge in [-0.15, -0.1) is 21.5 Å². The number of hydrogen-bond donors (Lipinski definition) is 0. The molecule has 3 aromatic heterocycles. The zero-order valence-corrected chi connectivity index (χ0v) is 20.5. The number of hydrogen-bond acceptors (Lipinski definition) is 6. The number of fused-ring (bicyclic) bond motifs is 5. The molecule has 0 radical (unpaired) electrons. The van der Waals surface area contributed by atoms with E-state index in [9.17, 15) is 4.79 Å². The van der Waals surface area contributed by atoms with E-state index in [0.717, 1.165) is 59.7 Å². The third kappa shape index (κ3) is 3.86. The predicted octanol–water partition coefficient (Wildman–Crippen LogP) is 4.94. The number of carbonyl (C=O) groups is 1. The first-order valence-electron chi connectivity index (χ1n) is 11.5. The van der Waals surface area contributed by atoms with Crippen LogP contribution >= 0.6 is 23.1 Å². The van der Waals surface area contributed by atoms with E-state index in [2.05, 4.69) is 42.3 Å². The molecule has 8 heteroatoms. The van der Waals surface area contributed by atoms with E-state index in [4.69, 9.17) is 4.98 Å². The van der Waals surface area contributed by atoms with E-state index in [0.29, 0.717) is 11.7 Å². The van der Waals surface area contributed by atoms with Gasteiger partial charge in [-0.2, -0.15) is 0 Å². The Labute approximate surface area is 191 Å². The number of piperidine rings is 1. The molecule has 2 atom stereocenters. The molecular formula is C23H31N5OS2. The maximum atomic E-state index is 12.8. The molecule has 1 aliphatic heterocycles. The molecule has 1 fully saturated rings. The largest absolute Gasteiger partial charge is 0.342 e. The van der Waals surface area contributed by atoms with Crippen LogP contribution in [-0.2, 0) is 17.6 Å². The van der Waals surface area contributed by atoms with Crippen LogP contribution in [0, 0.1) is 11.8 Å². The molecule has 0 spiro atoms. The van der Waals surface area contributed by atoms with E-state index < -0.39 is 0 Å². The molecule has 31 heavy (non-hydrogen) atoms. The molecule has 0 bridgehead atoms. The van der Waals surface area contributed by atoms with Crippen LogP contribution in [0.15, 0.2) is 5.16 Å². The molecular weight excluding hydrogens is 426 g/mol. The molecule has 1 saturated heterocycles. The lowest BCUT2D eigenvalue weighted by molar-refractivity contribution is -0.130. The summed E-state index contributed by atoms with van der Waals surface area (Å²) in [6.45, 7) is 10.6. The molecule has 3 aromatic rings. The molecule has 6 nitrogen and oxygen atoms in total. The van der Waals surface area contributed by atoms with Gasteiger partial charge in [0, 0.05) is 23.9 Å². The maximum Gasteiger partial charge on any atom is 0.233 e. The SMILES string of the molecule is CC(C)c1nc2sc3c(c2c2nnc(SCC(=O)N4CCC[C@@H](C)C4)n12)CC[C@@H](C)C3. The van der Waals surface area contributed by atoms with Crippen molar-refractivity contribution in [2.45, 2.75) is 70.9 Å². The summed E-state index contributed by atoms with van der Waals surface area (Å²) < 4.78 is 2.12. The van der Waals surface area contributed by atoms with Crippen molar-refractivity contribution in [2.75, 3.05) is 18.8 Å². The fraction of sp³-hybridized carbons (Fsp3) is 0.652. The van der Waals surface area contributed by atoms with Gasteiger partial charge in [0.15, 0.2) is 10.8 Å². The third-order valence-electron chi connectivity index (χ3n) is 6.65. The fourth-order valence-electron chi connectivity index (χ4n) is 4.95. The summed E-state index contributed by atoms with van der Waals surface area (Å²) in [5, 5.41) is 11.1. The van der Waals surface area contributed by atoms with Crippen molar-refractivity contribution in [3.8, 4) is 0 Å². The highest BCUT2D eigenvalue weighted by Crippen LogP contribution is 2.40. The minimum absolute atomic E-state index is 0.204. The number of amides is 1. The van der Waals surface area contributed by atoms with Crippen molar-refractivity contribution in [1.29, 1.82) is 0 Å². The Hall–Kier alpha value is -1.67. The van der Waals surface area contributed by atoms with Crippen LogP contribution in [0.4, 0.5) is 0 Å². The molecule has 0 N–H and O–H groups in total. The lowest BCUT2D eigenvalue weighted by atomic mass is 9.89. The Morgan fingerprint density at radius 1 is 1.23 bits per heavy atom. The number of aryl methyl sites for hydroxylation is 1. The summed E-state index contributed by atoms with van der Waals surface area (Å²) in [5.74, 6) is 3.17. The normalized spacial score (nSPS) is 21.9. The van der Waals surface area contributed by atoms with E-state index in [-0.39, 0.29) is 11.8 Å². The highest BCUT2D eigenvalue weighted by atomic mass is 32.2. The summed E-state index contributed by atoms with van der Waals surface area (Å²) >= 11 is 3.34. The highest BCUT2D eigenvalue weighted by molar-refractivity contribution is 7.99. The minimum Gasteiger partial charge on any atom is -0.342 e. The smallest absolute Gasteiger partial charge is 0.233 e. The van der Waals surface area contributed by atoms with Gasteiger partial charge in [0.05, 0.1) is 11.1 Å². The van der Waals surface area contributed by atoms with E-state index in [1.54, 1.807) is 0 Å². The van der Waals surface area contributed by atoms with E-state index in [1.165, 1.54) is 40.4 Å². The second-order valence-electron chi connectivity index (χ2n) is 9.67. The van der Waals surface area contributed by atoms with Crippen molar-refractivity contribution >= 4 is 44.9 Å². The van der Waals surface area contributed by atoms with Crippen molar-refractivity contribution in [1.82, 2.24) is 24.5 Å². The van der Waals surface area contributed by atoms with E-state index >= 15 is 0 Å². The van der Waals surface area contributed by atoms with Crippen LogP contribution in [-0.4, -0.2) is 49.2 Å². The van der Waals surface area contributed by atoms with Gasteiger partial charge >= 0.3 is 0 Å². The van der Waals surface area contributed by atoms with Gasteiger partial charge in [-0.05, 0) is 49.5 Å². The second kappa shape index (κ2) is 8.35. The zero-order chi connectivity index (χ0) is 21.7. The average molecular weight is 458 g/mol. The number of rotatable bonds is 4. The number of thioether (sulfide) groups is 1.